The van der Waals surface area contributed by atoms with Crippen LogP contribution in [0.4, 0.5) is 5.69 Å². The van der Waals surface area contributed by atoms with Crippen molar-refractivity contribution in [2.45, 2.75) is 25.4 Å². The predicted molar refractivity (Wildman–Crippen MR) is 100.0 cm³/mol. The molecule has 2 N–H and O–H groups in total. The van der Waals surface area contributed by atoms with Crippen molar-refractivity contribution in [1.82, 2.24) is 0 Å². The summed E-state index contributed by atoms with van der Waals surface area (Å²) >= 11 is 0. The first-order valence-corrected chi connectivity index (χ1v) is 8.43. The zero-order valence-electron chi connectivity index (χ0n) is 15.1. The number of aliphatic hydroxyl groups is 1. The summed E-state index contributed by atoms with van der Waals surface area (Å²) in [6.45, 7) is 0.815. The van der Waals surface area contributed by atoms with E-state index < -0.39 is 0 Å². The highest BCUT2D eigenvalue weighted by atomic mass is 16.5. The van der Waals surface area contributed by atoms with Gasteiger partial charge in [0, 0.05) is 12.2 Å². The van der Waals surface area contributed by atoms with Gasteiger partial charge in [-0.2, -0.15) is 0 Å². The van der Waals surface area contributed by atoms with Gasteiger partial charge in [-0.25, -0.2) is 0 Å². The highest BCUT2D eigenvalue weighted by Crippen LogP contribution is 2.28. The molecule has 2 aromatic carbocycles. The number of nitrogens with one attached hydrogen (secondary N) is 1. The van der Waals surface area contributed by atoms with Crippen LogP contribution in [0.15, 0.2) is 42.5 Å². The van der Waals surface area contributed by atoms with E-state index in [1.54, 1.807) is 21.3 Å². The van der Waals surface area contributed by atoms with E-state index in [0.29, 0.717) is 17.9 Å². The molecule has 0 spiro atoms. The Morgan fingerprint density at radius 1 is 0.920 bits per heavy atom. The Hall–Kier alpha value is -2.40. The van der Waals surface area contributed by atoms with E-state index >= 15 is 0 Å². The molecular formula is C20H27NO4. The molecule has 5 heteroatoms. The van der Waals surface area contributed by atoms with E-state index in [2.05, 4.69) is 5.32 Å². The third kappa shape index (κ3) is 5.87. The quantitative estimate of drug-likeness (QED) is 0.645. The number of aliphatic hydroxyl groups excluding tert-OH is 1. The van der Waals surface area contributed by atoms with E-state index in [-0.39, 0.29) is 6.10 Å². The number of rotatable bonds is 10. The molecule has 0 amide bonds. The van der Waals surface area contributed by atoms with Crippen LogP contribution in [0.2, 0.25) is 0 Å². The molecule has 2 rings (SSSR count). The van der Waals surface area contributed by atoms with E-state index in [9.17, 15) is 5.11 Å². The average Bonchev–Trinajstić information content (AvgIpc) is 2.65. The lowest BCUT2D eigenvalue weighted by molar-refractivity contribution is 0.163. The first-order chi connectivity index (χ1) is 12.2. The molecule has 25 heavy (non-hydrogen) atoms. The molecule has 0 aliphatic carbocycles. The lowest BCUT2D eigenvalue weighted by Crippen LogP contribution is -2.13. The van der Waals surface area contributed by atoms with Gasteiger partial charge in [0.25, 0.3) is 0 Å². The van der Waals surface area contributed by atoms with Gasteiger partial charge >= 0.3 is 0 Å². The summed E-state index contributed by atoms with van der Waals surface area (Å²) in [5, 5.41) is 13.6. The van der Waals surface area contributed by atoms with Crippen LogP contribution in [0.25, 0.3) is 0 Å². The Balaban J connectivity index is 1.74. The Kier molecular flexibility index (Phi) is 7.41. The molecule has 0 saturated carbocycles. The van der Waals surface area contributed by atoms with Gasteiger partial charge < -0.3 is 24.6 Å². The number of hydrogen-bond acceptors (Lipinski definition) is 5. The van der Waals surface area contributed by atoms with Crippen LogP contribution in [0.3, 0.4) is 0 Å². The van der Waals surface area contributed by atoms with Crippen molar-refractivity contribution in [1.29, 1.82) is 0 Å². The molecule has 136 valence electrons. The highest BCUT2D eigenvalue weighted by molar-refractivity contribution is 5.46. The van der Waals surface area contributed by atoms with Crippen LogP contribution >= 0.6 is 0 Å². The zero-order chi connectivity index (χ0) is 18.1. The first kappa shape index (κ1) is 18.9. The molecule has 0 aliphatic heterocycles. The Morgan fingerprint density at radius 3 is 2.28 bits per heavy atom. The van der Waals surface area contributed by atoms with Crippen molar-refractivity contribution < 1.29 is 19.3 Å². The fourth-order valence-electron chi connectivity index (χ4n) is 2.66. The fourth-order valence-corrected chi connectivity index (χ4v) is 2.66. The average molecular weight is 345 g/mol. The molecule has 0 saturated heterocycles. The molecule has 0 aromatic heterocycles. The maximum atomic E-state index is 10.2. The summed E-state index contributed by atoms with van der Waals surface area (Å²) in [6.07, 6.45) is 1.84. The predicted octanol–water partition coefficient (Wildman–Crippen LogP) is 3.51. The second kappa shape index (κ2) is 9.79. The van der Waals surface area contributed by atoms with Gasteiger partial charge in [0.05, 0.1) is 27.4 Å². The molecule has 0 bridgehead atoms. The summed E-state index contributed by atoms with van der Waals surface area (Å²) in [5.41, 5.74) is 2.09. The van der Waals surface area contributed by atoms with Crippen molar-refractivity contribution in [2.75, 3.05) is 33.2 Å². The number of ether oxygens (including phenoxy) is 3. The minimum absolute atomic E-state index is 0.379. The molecular weight excluding hydrogens is 318 g/mol. The minimum atomic E-state index is -0.379. The molecule has 5 nitrogen and oxygen atoms in total. The van der Waals surface area contributed by atoms with Crippen molar-refractivity contribution in [3.05, 3.63) is 48.0 Å². The Labute approximate surface area is 149 Å². The van der Waals surface area contributed by atoms with Crippen molar-refractivity contribution >= 4 is 5.69 Å². The molecule has 0 aliphatic rings. The maximum Gasteiger partial charge on any atom is 0.160 e. The second-order valence-electron chi connectivity index (χ2n) is 5.84. The molecule has 1 atom stereocenters. The van der Waals surface area contributed by atoms with Crippen LogP contribution < -0.4 is 19.5 Å². The number of anilines is 1. The van der Waals surface area contributed by atoms with E-state index in [4.69, 9.17) is 14.2 Å². The van der Waals surface area contributed by atoms with Gasteiger partial charge in [0.2, 0.25) is 0 Å². The molecule has 0 radical (unpaired) electrons. The van der Waals surface area contributed by atoms with E-state index in [0.717, 1.165) is 36.4 Å². The third-order valence-corrected chi connectivity index (χ3v) is 4.05. The number of benzene rings is 2. The van der Waals surface area contributed by atoms with Gasteiger partial charge in [0.1, 0.15) is 5.75 Å². The summed E-state index contributed by atoms with van der Waals surface area (Å²) in [5.74, 6) is 2.23. The SMILES string of the molecule is COc1ccc(NCCCC(O)Cc2ccc(OC)c(OC)c2)cc1. The van der Waals surface area contributed by atoms with Crippen LogP contribution in [0.5, 0.6) is 17.2 Å². The standard InChI is InChI=1S/C20H27NO4/c1-23-18-9-7-16(8-10-18)21-12-4-5-17(22)13-15-6-11-19(24-2)20(14-15)25-3/h6-11,14,17,21-22H,4-5,12-13H2,1-3H3. The third-order valence-electron chi connectivity index (χ3n) is 4.05. The van der Waals surface area contributed by atoms with Gasteiger partial charge in [-0.3, -0.25) is 0 Å². The van der Waals surface area contributed by atoms with Gasteiger partial charge in [-0.1, -0.05) is 6.07 Å². The van der Waals surface area contributed by atoms with Crippen LogP contribution in [0.1, 0.15) is 18.4 Å². The van der Waals surface area contributed by atoms with Crippen molar-refractivity contribution in [3.63, 3.8) is 0 Å². The van der Waals surface area contributed by atoms with Crippen molar-refractivity contribution in [3.8, 4) is 17.2 Å². The van der Waals surface area contributed by atoms with Crippen molar-refractivity contribution in [2.24, 2.45) is 0 Å². The monoisotopic (exact) mass is 345 g/mol. The summed E-state index contributed by atoms with van der Waals surface area (Å²) in [7, 11) is 4.88. The highest BCUT2D eigenvalue weighted by Gasteiger charge is 2.09. The largest absolute Gasteiger partial charge is 0.497 e. The Morgan fingerprint density at radius 2 is 1.64 bits per heavy atom. The zero-order valence-corrected chi connectivity index (χ0v) is 15.1. The first-order valence-electron chi connectivity index (χ1n) is 8.43. The molecule has 0 fully saturated rings. The maximum absolute atomic E-state index is 10.2. The topological polar surface area (TPSA) is 60.0 Å². The molecule has 0 heterocycles. The lowest BCUT2D eigenvalue weighted by atomic mass is 10.0. The fraction of sp³-hybridized carbons (Fsp3) is 0.400. The van der Waals surface area contributed by atoms with Gasteiger partial charge in [-0.05, 0) is 61.2 Å². The second-order valence-corrected chi connectivity index (χ2v) is 5.84. The summed E-state index contributed by atoms with van der Waals surface area (Å²) in [6, 6.07) is 13.6. The van der Waals surface area contributed by atoms with Crippen LogP contribution in [0, 0.1) is 0 Å². The van der Waals surface area contributed by atoms with E-state index in [1.807, 2.05) is 42.5 Å². The lowest BCUT2D eigenvalue weighted by Gasteiger charge is -2.14. The van der Waals surface area contributed by atoms with Crippen LogP contribution in [-0.2, 0) is 6.42 Å². The smallest absolute Gasteiger partial charge is 0.160 e. The Bertz CT molecular complexity index is 643. The summed E-state index contributed by atoms with van der Waals surface area (Å²) in [4.78, 5) is 0. The van der Waals surface area contributed by atoms with Gasteiger partial charge in [0.15, 0.2) is 11.5 Å². The minimum Gasteiger partial charge on any atom is -0.497 e. The number of methoxy groups -OCH3 is 3. The van der Waals surface area contributed by atoms with E-state index in [1.165, 1.54) is 0 Å². The normalized spacial score (nSPS) is 11.7. The molecule has 1 unspecified atom stereocenters. The molecule has 2 aromatic rings. The number of hydrogen-bond donors (Lipinski definition) is 2. The van der Waals surface area contributed by atoms with Gasteiger partial charge in [-0.15, -0.1) is 0 Å². The van der Waals surface area contributed by atoms with Crippen LogP contribution in [-0.4, -0.2) is 39.1 Å². The summed E-state index contributed by atoms with van der Waals surface area (Å²) < 4.78 is 15.7.